The van der Waals surface area contributed by atoms with Crippen molar-refractivity contribution in [2.24, 2.45) is 0 Å². The van der Waals surface area contributed by atoms with Crippen LogP contribution in [-0.4, -0.2) is 98.6 Å². The van der Waals surface area contributed by atoms with Crippen LogP contribution >= 0.6 is 21.6 Å². The molecule has 3 aliphatic rings. The molecule has 3 aliphatic heterocycles. The van der Waals surface area contributed by atoms with E-state index in [9.17, 15) is 4.79 Å². The Morgan fingerprint density at radius 3 is 2.19 bits per heavy atom. The van der Waals surface area contributed by atoms with Crippen LogP contribution < -0.4 is 0 Å². The first kappa shape index (κ1) is 21.7. The number of carbonyl (C=O) groups is 1. The second kappa shape index (κ2) is 12.5. The lowest BCUT2D eigenvalue weighted by molar-refractivity contribution is -0.152. The molecule has 3 saturated heterocycles. The minimum Gasteiger partial charge on any atom is -0.460 e. The molecule has 3 heterocycles. The minimum absolute atomic E-state index is 0.0324. The summed E-state index contributed by atoms with van der Waals surface area (Å²) in [4.78, 5) is 17.1. The van der Waals surface area contributed by atoms with Crippen LogP contribution in [0, 0.1) is 0 Å². The van der Waals surface area contributed by atoms with Gasteiger partial charge in [0.1, 0.15) is 6.10 Å². The fourth-order valence-electron chi connectivity index (χ4n) is 3.73. The summed E-state index contributed by atoms with van der Waals surface area (Å²) in [5.74, 6) is 1.25. The largest absolute Gasteiger partial charge is 0.460 e. The Bertz CT molecular complexity index is 406. The molecule has 0 aliphatic carbocycles. The van der Waals surface area contributed by atoms with Crippen molar-refractivity contribution in [2.45, 2.75) is 43.5 Å². The molecule has 0 aromatic rings. The zero-order valence-corrected chi connectivity index (χ0v) is 17.9. The summed E-state index contributed by atoms with van der Waals surface area (Å²) >= 11 is 0. The molecule has 6 nitrogen and oxygen atoms in total. The molecular weight excluding hydrogens is 384 g/mol. The number of rotatable bonds is 10. The van der Waals surface area contributed by atoms with Crippen LogP contribution in [0.2, 0.25) is 0 Å². The average molecular weight is 419 g/mol. The van der Waals surface area contributed by atoms with Gasteiger partial charge >= 0.3 is 5.97 Å². The molecule has 0 bridgehead atoms. The van der Waals surface area contributed by atoms with Gasteiger partial charge in [0.05, 0.1) is 26.4 Å². The molecular formula is C19H34N2O4S2. The Morgan fingerprint density at radius 1 is 1.00 bits per heavy atom. The Kier molecular flexibility index (Phi) is 10.1. The summed E-state index contributed by atoms with van der Waals surface area (Å²) in [7, 11) is 4.01. The topological polar surface area (TPSA) is 51.2 Å². The van der Waals surface area contributed by atoms with Crippen molar-refractivity contribution in [3.8, 4) is 0 Å². The molecule has 0 aromatic heterocycles. The fourth-order valence-corrected chi connectivity index (χ4v) is 6.75. The predicted molar refractivity (Wildman–Crippen MR) is 111 cm³/mol. The summed E-state index contributed by atoms with van der Waals surface area (Å²) in [5, 5.41) is 0.793. The van der Waals surface area contributed by atoms with E-state index in [1.807, 2.05) is 21.6 Å². The van der Waals surface area contributed by atoms with E-state index in [1.54, 1.807) is 0 Å². The van der Waals surface area contributed by atoms with Crippen molar-refractivity contribution in [1.82, 2.24) is 9.80 Å². The number of unbranched alkanes of at least 4 members (excludes halogenated alkanes) is 1. The molecule has 3 rings (SSSR count). The smallest absolute Gasteiger partial charge is 0.306 e. The van der Waals surface area contributed by atoms with Gasteiger partial charge in [-0.15, -0.1) is 0 Å². The van der Waals surface area contributed by atoms with Gasteiger partial charge in [-0.1, -0.05) is 28.0 Å². The molecule has 0 saturated carbocycles. The molecule has 27 heavy (non-hydrogen) atoms. The first-order chi connectivity index (χ1) is 13.3. The van der Waals surface area contributed by atoms with Crippen LogP contribution in [0.1, 0.15) is 32.1 Å². The maximum Gasteiger partial charge on any atom is 0.306 e. The van der Waals surface area contributed by atoms with E-state index < -0.39 is 0 Å². The van der Waals surface area contributed by atoms with Crippen LogP contribution in [0.25, 0.3) is 0 Å². The van der Waals surface area contributed by atoms with Gasteiger partial charge in [-0.3, -0.25) is 14.6 Å². The van der Waals surface area contributed by atoms with Gasteiger partial charge in [0.25, 0.3) is 0 Å². The summed E-state index contributed by atoms with van der Waals surface area (Å²) in [6.07, 6.45) is 5.12. The molecule has 0 aromatic carbocycles. The van der Waals surface area contributed by atoms with Crippen molar-refractivity contribution in [1.29, 1.82) is 0 Å². The lowest BCUT2D eigenvalue weighted by atomic mass is 10.1. The summed E-state index contributed by atoms with van der Waals surface area (Å²) in [6, 6.07) is 0. The van der Waals surface area contributed by atoms with E-state index in [-0.39, 0.29) is 12.1 Å². The number of morpholine rings is 2. The average Bonchev–Trinajstić information content (AvgIpc) is 3.20. The van der Waals surface area contributed by atoms with Gasteiger partial charge in [0.15, 0.2) is 0 Å². The SMILES string of the molecule is O=C(CCCC[C@@H]1CCSS1)OC(CN1CCOCC1)CN1CCOCC1. The number of hydrogen-bond acceptors (Lipinski definition) is 8. The molecule has 156 valence electrons. The lowest BCUT2D eigenvalue weighted by Crippen LogP contribution is -2.48. The van der Waals surface area contributed by atoms with E-state index in [4.69, 9.17) is 14.2 Å². The predicted octanol–water partition coefficient (Wildman–Crippen LogP) is 2.28. The zero-order valence-electron chi connectivity index (χ0n) is 16.3. The molecule has 3 fully saturated rings. The Hall–Kier alpha value is 0.01000. The highest BCUT2D eigenvalue weighted by Gasteiger charge is 2.24. The number of ether oxygens (including phenoxy) is 3. The summed E-state index contributed by atoms with van der Waals surface area (Å²) in [6.45, 7) is 8.41. The van der Waals surface area contributed by atoms with Gasteiger partial charge in [-0.2, -0.15) is 0 Å². The van der Waals surface area contributed by atoms with Crippen molar-refractivity contribution in [3.63, 3.8) is 0 Å². The van der Waals surface area contributed by atoms with Crippen LogP contribution in [0.4, 0.5) is 0 Å². The zero-order chi connectivity index (χ0) is 18.7. The van der Waals surface area contributed by atoms with Crippen LogP contribution in [0.5, 0.6) is 0 Å². The van der Waals surface area contributed by atoms with Crippen molar-refractivity contribution >= 4 is 27.6 Å². The highest BCUT2D eigenvalue weighted by molar-refractivity contribution is 8.77. The maximum atomic E-state index is 12.4. The lowest BCUT2D eigenvalue weighted by Gasteiger charge is -2.34. The minimum atomic E-state index is -0.0597. The second-order valence-corrected chi connectivity index (χ2v) is 10.3. The van der Waals surface area contributed by atoms with E-state index in [2.05, 4.69) is 9.80 Å². The third-order valence-electron chi connectivity index (χ3n) is 5.31. The number of carbonyl (C=O) groups excluding carboxylic acids is 1. The first-order valence-electron chi connectivity index (χ1n) is 10.4. The van der Waals surface area contributed by atoms with Crippen molar-refractivity contribution in [3.05, 3.63) is 0 Å². The molecule has 0 N–H and O–H groups in total. The third kappa shape index (κ3) is 8.50. The van der Waals surface area contributed by atoms with Gasteiger partial charge in [0, 0.05) is 56.7 Å². The van der Waals surface area contributed by atoms with Gasteiger partial charge in [0.2, 0.25) is 0 Å². The molecule has 0 amide bonds. The molecule has 1 atom stereocenters. The van der Waals surface area contributed by atoms with Crippen LogP contribution in [-0.2, 0) is 19.0 Å². The number of nitrogens with zero attached hydrogens (tertiary/aromatic N) is 2. The molecule has 0 unspecified atom stereocenters. The van der Waals surface area contributed by atoms with E-state index in [0.717, 1.165) is 83.8 Å². The van der Waals surface area contributed by atoms with Crippen LogP contribution in [0.3, 0.4) is 0 Å². The number of esters is 1. The fraction of sp³-hybridized carbons (Fsp3) is 0.947. The normalized spacial score (nSPS) is 25.1. The molecule has 0 radical (unpaired) electrons. The van der Waals surface area contributed by atoms with Gasteiger partial charge in [-0.25, -0.2) is 0 Å². The summed E-state index contributed by atoms with van der Waals surface area (Å²) in [5.41, 5.74) is 0. The van der Waals surface area contributed by atoms with E-state index in [0.29, 0.717) is 6.42 Å². The monoisotopic (exact) mass is 418 g/mol. The Balaban J connectivity index is 1.38. The van der Waals surface area contributed by atoms with Gasteiger partial charge < -0.3 is 14.2 Å². The summed E-state index contributed by atoms with van der Waals surface area (Å²) < 4.78 is 16.8. The first-order valence-corrected chi connectivity index (χ1v) is 12.8. The van der Waals surface area contributed by atoms with Crippen LogP contribution in [0.15, 0.2) is 0 Å². The van der Waals surface area contributed by atoms with E-state index >= 15 is 0 Å². The standard InChI is InChI=1S/C19H34N2O4S2/c22-19(4-2-1-3-18-5-14-26-27-18)25-17(15-20-6-10-23-11-7-20)16-21-8-12-24-13-9-21/h17-18H,1-16H2/t18-/m1/s1. The highest BCUT2D eigenvalue weighted by Crippen LogP contribution is 2.39. The molecule has 8 heteroatoms. The highest BCUT2D eigenvalue weighted by atomic mass is 33.1. The molecule has 0 spiro atoms. The van der Waals surface area contributed by atoms with Crippen molar-refractivity contribution < 1.29 is 19.0 Å². The quantitative estimate of drug-likeness (QED) is 0.304. The van der Waals surface area contributed by atoms with Gasteiger partial charge in [-0.05, 0) is 19.3 Å². The Morgan fingerprint density at radius 2 is 1.63 bits per heavy atom. The maximum absolute atomic E-state index is 12.4. The Labute approximate surface area is 171 Å². The van der Waals surface area contributed by atoms with E-state index in [1.165, 1.54) is 18.6 Å². The second-order valence-electron chi connectivity index (χ2n) is 7.51. The van der Waals surface area contributed by atoms with Crippen molar-refractivity contribution in [2.75, 3.05) is 71.4 Å². The number of hydrogen-bond donors (Lipinski definition) is 0. The third-order valence-corrected chi connectivity index (χ3v) is 8.32.